The number of likely N-dealkylation sites (N-methyl/N-ethyl adjacent to an activating group) is 1. The summed E-state index contributed by atoms with van der Waals surface area (Å²) in [6.45, 7) is 6.51. The van der Waals surface area contributed by atoms with Crippen molar-refractivity contribution in [3.8, 4) is 0 Å². The van der Waals surface area contributed by atoms with Crippen LogP contribution in [-0.2, 0) is 0 Å². The molecule has 1 aromatic rings. The van der Waals surface area contributed by atoms with E-state index in [-0.39, 0.29) is 0 Å². The first-order valence-electron chi connectivity index (χ1n) is 6.70. The van der Waals surface area contributed by atoms with Crippen molar-refractivity contribution in [3.63, 3.8) is 0 Å². The van der Waals surface area contributed by atoms with Gasteiger partial charge in [0.15, 0.2) is 0 Å². The maximum Gasteiger partial charge on any atom is 0.149 e. The molecule has 0 spiro atoms. The molecule has 3 nitrogen and oxygen atoms in total. The zero-order valence-electron chi connectivity index (χ0n) is 11.5. The summed E-state index contributed by atoms with van der Waals surface area (Å²) in [6.07, 6.45) is 0. The standard InChI is InChI=1S/C14H21F2N3/c1-11(17-2)10-18-5-7-19(8-6-18)14-4-3-12(15)9-13(14)16/h3-4,9,11,17H,5-8,10H2,1-2H3. The molecule has 1 heterocycles. The molecule has 0 aliphatic carbocycles. The summed E-state index contributed by atoms with van der Waals surface area (Å²) in [5, 5.41) is 3.21. The van der Waals surface area contributed by atoms with Gasteiger partial charge in [-0.3, -0.25) is 4.90 Å². The van der Waals surface area contributed by atoms with Crippen LogP contribution in [0, 0.1) is 11.6 Å². The van der Waals surface area contributed by atoms with Crippen LogP contribution in [0.5, 0.6) is 0 Å². The number of hydrogen-bond donors (Lipinski definition) is 1. The first kappa shape index (κ1) is 14.2. The van der Waals surface area contributed by atoms with Gasteiger partial charge in [0.1, 0.15) is 11.6 Å². The van der Waals surface area contributed by atoms with E-state index in [1.807, 2.05) is 11.9 Å². The molecule has 1 atom stereocenters. The van der Waals surface area contributed by atoms with Crippen LogP contribution in [0.25, 0.3) is 0 Å². The Morgan fingerprint density at radius 1 is 1.21 bits per heavy atom. The molecular weight excluding hydrogens is 248 g/mol. The quantitative estimate of drug-likeness (QED) is 0.897. The smallest absolute Gasteiger partial charge is 0.149 e. The van der Waals surface area contributed by atoms with Crippen LogP contribution in [0.2, 0.25) is 0 Å². The van der Waals surface area contributed by atoms with Crippen LogP contribution in [0.1, 0.15) is 6.92 Å². The molecule has 0 radical (unpaired) electrons. The lowest BCUT2D eigenvalue weighted by molar-refractivity contribution is 0.237. The number of benzene rings is 1. The summed E-state index contributed by atoms with van der Waals surface area (Å²) >= 11 is 0. The number of nitrogens with zero attached hydrogens (tertiary/aromatic N) is 2. The Balaban J connectivity index is 1.92. The molecule has 1 aliphatic heterocycles. The molecule has 1 unspecified atom stereocenters. The summed E-state index contributed by atoms with van der Waals surface area (Å²) in [4.78, 5) is 4.34. The van der Waals surface area contributed by atoms with Crippen LogP contribution >= 0.6 is 0 Å². The van der Waals surface area contributed by atoms with Crippen LogP contribution in [0.15, 0.2) is 18.2 Å². The van der Waals surface area contributed by atoms with Gasteiger partial charge in [0, 0.05) is 44.8 Å². The lowest BCUT2D eigenvalue weighted by Crippen LogP contribution is -2.50. The number of hydrogen-bond acceptors (Lipinski definition) is 3. The second-order valence-corrected chi connectivity index (χ2v) is 5.07. The Bertz CT molecular complexity index is 417. The van der Waals surface area contributed by atoms with Crippen LogP contribution < -0.4 is 10.2 Å². The fourth-order valence-electron chi connectivity index (χ4n) is 2.39. The number of piperazine rings is 1. The summed E-state index contributed by atoms with van der Waals surface area (Å²) in [5.74, 6) is -1.00. The van der Waals surface area contributed by atoms with Gasteiger partial charge in [-0.25, -0.2) is 8.78 Å². The Morgan fingerprint density at radius 2 is 1.89 bits per heavy atom. The Hall–Kier alpha value is -1.20. The number of anilines is 1. The molecule has 0 saturated carbocycles. The maximum atomic E-state index is 13.7. The second-order valence-electron chi connectivity index (χ2n) is 5.07. The Kier molecular flexibility index (Phi) is 4.71. The van der Waals surface area contributed by atoms with Gasteiger partial charge in [-0.2, -0.15) is 0 Å². The van der Waals surface area contributed by atoms with Gasteiger partial charge in [0.25, 0.3) is 0 Å². The zero-order chi connectivity index (χ0) is 13.8. The Morgan fingerprint density at radius 3 is 2.47 bits per heavy atom. The van der Waals surface area contributed by atoms with E-state index in [1.165, 1.54) is 12.1 Å². The number of halogens is 2. The average molecular weight is 269 g/mol. The third-order valence-corrected chi connectivity index (χ3v) is 3.65. The van der Waals surface area contributed by atoms with Crippen molar-refractivity contribution in [2.24, 2.45) is 0 Å². The van der Waals surface area contributed by atoms with Gasteiger partial charge in [-0.15, -0.1) is 0 Å². The molecule has 19 heavy (non-hydrogen) atoms. The van der Waals surface area contributed by atoms with E-state index in [9.17, 15) is 8.78 Å². The van der Waals surface area contributed by atoms with Gasteiger partial charge >= 0.3 is 0 Å². The molecule has 1 saturated heterocycles. The van der Waals surface area contributed by atoms with Crippen molar-refractivity contribution < 1.29 is 8.78 Å². The molecule has 2 rings (SSSR count). The van der Waals surface area contributed by atoms with Gasteiger partial charge in [0.2, 0.25) is 0 Å². The third kappa shape index (κ3) is 3.64. The lowest BCUT2D eigenvalue weighted by Gasteiger charge is -2.37. The van der Waals surface area contributed by atoms with Gasteiger partial charge in [-0.1, -0.05) is 0 Å². The van der Waals surface area contributed by atoms with Gasteiger partial charge in [0.05, 0.1) is 5.69 Å². The van der Waals surface area contributed by atoms with Gasteiger partial charge < -0.3 is 10.2 Å². The molecule has 1 aliphatic rings. The molecule has 0 amide bonds. The van der Waals surface area contributed by atoms with Crippen molar-refractivity contribution in [3.05, 3.63) is 29.8 Å². The third-order valence-electron chi connectivity index (χ3n) is 3.65. The normalized spacial score (nSPS) is 18.6. The molecule has 1 fully saturated rings. The first-order chi connectivity index (χ1) is 9.10. The predicted molar refractivity (Wildman–Crippen MR) is 73.5 cm³/mol. The maximum absolute atomic E-state index is 13.7. The highest BCUT2D eigenvalue weighted by molar-refractivity contribution is 5.48. The molecule has 1 aromatic carbocycles. The minimum absolute atomic E-state index is 0.453. The molecule has 1 N–H and O–H groups in total. The van der Waals surface area contributed by atoms with Crippen molar-refractivity contribution in [2.45, 2.75) is 13.0 Å². The first-order valence-corrected chi connectivity index (χ1v) is 6.70. The Labute approximate surface area is 113 Å². The summed E-state index contributed by atoms with van der Waals surface area (Å²) < 4.78 is 26.6. The summed E-state index contributed by atoms with van der Waals surface area (Å²) in [6, 6.07) is 4.24. The fraction of sp³-hybridized carbons (Fsp3) is 0.571. The van der Waals surface area contributed by atoms with Crippen molar-refractivity contribution >= 4 is 5.69 Å². The van der Waals surface area contributed by atoms with Crippen molar-refractivity contribution in [1.29, 1.82) is 0 Å². The van der Waals surface area contributed by atoms with E-state index in [0.29, 0.717) is 11.7 Å². The highest BCUT2D eigenvalue weighted by Crippen LogP contribution is 2.21. The topological polar surface area (TPSA) is 18.5 Å². The molecule has 5 heteroatoms. The second kappa shape index (κ2) is 6.30. The highest BCUT2D eigenvalue weighted by Gasteiger charge is 2.20. The van der Waals surface area contributed by atoms with Crippen molar-refractivity contribution in [2.75, 3.05) is 44.7 Å². The average Bonchev–Trinajstić information content (AvgIpc) is 2.40. The predicted octanol–water partition coefficient (Wildman–Crippen LogP) is 1.69. The number of rotatable bonds is 4. The van der Waals surface area contributed by atoms with Crippen molar-refractivity contribution in [1.82, 2.24) is 10.2 Å². The van der Waals surface area contributed by atoms with Crippen LogP contribution in [0.3, 0.4) is 0 Å². The molecule has 0 aromatic heterocycles. The monoisotopic (exact) mass is 269 g/mol. The summed E-state index contributed by atoms with van der Waals surface area (Å²) in [7, 11) is 1.95. The van der Waals surface area contributed by atoms with E-state index >= 15 is 0 Å². The lowest BCUT2D eigenvalue weighted by atomic mass is 10.2. The zero-order valence-corrected chi connectivity index (χ0v) is 11.5. The minimum Gasteiger partial charge on any atom is -0.367 e. The summed E-state index contributed by atoms with van der Waals surface area (Å²) in [5.41, 5.74) is 0.503. The highest BCUT2D eigenvalue weighted by atomic mass is 19.1. The molecule has 0 bridgehead atoms. The largest absolute Gasteiger partial charge is 0.367 e. The van der Waals surface area contributed by atoms with E-state index in [4.69, 9.17) is 0 Å². The van der Waals surface area contributed by atoms with Crippen LogP contribution in [-0.4, -0.2) is 50.7 Å². The van der Waals surface area contributed by atoms with E-state index in [1.54, 1.807) is 0 Å². The van der Waals surface area contributed by atoms with Crippen LogP contribution in [0.4, 0.5) is 14.5 Å². The van der Waals surface area contributed by atoms with E-state index < -0.39 is 11.6 Å². The van der Waals surface area contributed by atoms with Gasteiger partial charge in [-0.05, 0) is 26.1 Å². The molecular formula is C14H21F2N3. The minimum atomic E-state index is -0.525. The van der Waals surface area contributed by atoms with E-state index in [0.717, 1.165) is 38.8 Å². The molecule has 106 valence electrons. The van der Waals surface area contributed by atoms with E-state index in [2.05, 4.69) is 17.1 Å². The number of nitrogens with one attached hydrogen (secondary N) is 1. The fourth-order valence-corrected chi connectivity index (χ4v) is 2.39. The SMILES string of the molecule is CNC(C)CN1CCN(c2ccc(F)cc2F)CC1.